The molecule has 0 fully saturated rings. The zero-order valence-corrected chi connectivity index (χ0v) is 13.8. The second kappa shape index (κ2) is 9.04. The third kappa shape index (κ3) is 7.08. The molecule has 2 unspecified atom stereocenters. The summed E-state index contributed by atoms with van der Waals surface area (Å²) in [6, 6.07) is 2.05. The molecule has 6 heteroatoms. The van der Waals surface area contributed by atoms with Crippen LogP contribution in [0.2, 0.25) is 0 Å². The molecule has 0 N–H and O–H groups in total. The van der Waals surface area contributed by atoms with Crippen molar-refractivity contribution < 1.29 is 9.59 Å². The van der Waals surface area contributed by atoms with Crippen LogP contribution in [0.4, 0.5) is 0 Å². The Morgan fingerprint density at radius 2 is 1.59 bits per heavy atom. The predicted molar refractivity (Wildman–Crippen MR) is 82.9 cm³/mol. The number of hydrogen-bond donors (Lipinski definition) is 0. The summed E-state index contributed by atoms with van der Waals surface area (Å²) in [5.74, 6) is 0.139. The number of carbonyl (C=O) groups excluding carboxylic acids is 2. The average molecular weight is 304 g/mol. The maximum Gasteiger partial charge on any atom is 0.338 e. The molecule has 6 nitrogen and oxygen atoms in total. The standard InChI is InChI=1S/C16H24N4O2/c1-6-13(21)8-10-15(3,12-17)19-20-16(4,18-5)11-9-14(22)7-2/h6-11H2,1-4H3. The van der Waals surface area contributed by atoms with Gasteiger partial charge in [0, 0.05) is 32.6 Å². The van der Waals surface area contributed by atoms with Crippen LogP contribution >= 0.6 is 0 Å². The number of ketones is 2. The summed E-state index contributed by atoms with van der Waals surface area (Å²) in [6.45, 7) is 14.0. The molecular weight excluding hydrogens is 280 g/mol. The van der Waals surface area contributed by atoms with Crippen LogP contribution < -0.4 is 0 Å². The van der Waals surface area contributed by atoms with Crippen molar-refractivity contribution in [2.24, 2.45) is 10.2 Å². The van der Waals surface area contributed by atoms with E-state index in [4.69, 9.17) is 6.57 Å². The van der Waals surface area contributed by atoms with Crippen LogP contribution in [-0.4, -0.2) is 22.8 Å². The Morgan fingerprint density at radius 1 is 1.09 bits per heavy atom. The number of azo groups is 1. The summed E-state index contributed by atoms with van der Waals surface area (Å²) >= 11 is 0. The Kier molecular flexibility index (Phi) is 8.19. The number of hydrogen-bond acceptors (Lipinski definition) is 5. The number of rotatable bonds is 10. The van der Waals surface area contributed by atoms with Crippen molar-refractivity contribution >= 4 is 11.6 Å². The fourth-order valence-electron chi connectivity index (χ4n) is 1.59. The molecule has 0 saturated carbocycles. The Morgan fingerprint density at radius 3 is 2.00 bits per heavy atom. The monoisotopic (exact) mass is 304 g/mol. The van der Waals surface area contributed by atoms with Gasteiger partial charge in [-0.1, -0.05) is 13.8 Å². The molecule has 0 aliphatic rings. The van der Waals surface area contributed by atoms with Gasteiger partial charge in [-0.2, -0.15) is 10.4 Å². The van der Waals surface area contributed by atoms with Crippen LogP contribution in [-0.2, 0) is 9.59 Å². The first kappa shape index (κ1) is 19.9. The number of nitrogens with zero attached hydrogens (tertiary/aromatic N) is 4. The molecule has 0 radical (unpaired) electrons. The van der Waals surface area contributed by atoms with E-state index < -0.39 is 11.2 Å². The van der Waals surface area contributed by atoms with E-state index in [9.17, 15) is 14.9 Å². The van der Waals surface area contributed by atoms with Crippen LogP contribution in [0.15, 0.2) is 10.2 Å². The van der Waals surface area contributed by atoms with Crippen molar-refractivity contribution in [3.8, 4) is 6.07 Å². The fourth-order valence-corrected chi connectivity index (χ4v) is 1.59. The first-order chi connectivity index (χ1) is 10.2. The minimum atomic E-state index is -1.14. The molecule has 120 valence electrons. The third-order valence-electron chi connectivity index (χ3n) is 3.52. The van der Waals surface area contributed by atoms with Gasteiger partial charge in [0.25, 0.3) is 0 Å². The van der Waals surface area contributed by atoms with Crippen LogP contribution in [0.1, 0.15) is 66.2 Å². The second-order valence-corrected chi connectivity index (χ2v) is 5.70. The molecule has 0 saturated heterocycles. The summed E-state index contributed by atoms with van der Waals surface area (Å²) in [4.78, 5) is 26.2. The largest absolute Gasteiger partial charge is 0.338 e. The van der Waals surface area contributed by atoms with E-state index in [1.54, 1.807) is 27.7 Å². The van der Waals surface area contributed by atoms with E-state index in [0.717, 1.165) is 0 Å². The summed E-state index contributed by atoms with van der Waals surface area (Å²) in [5.41, 5.74) is -2.26. The summed E-state index contributed by atoms with van der Waals surface area (Å²) in [5, 5.41) is 17.3. The lowest BCUT2D eigenvalue weighted by Crippen LogP contribution is -2.24. The first-order valence-corrected chi connectivity index (χ1v) is 7.51. The lowest BCUT2D eigenvalue weighted by atomic mass is 9.97. The van der Waals surface area contributed by atoms with Crippen molar-refractivity contribution in [1.82, 2.24) is 0 Å². The Bertz CT molecular complexity index is 469. The second-order valence-electron chi connectivity index (χ2n) is 5.70. The third-order valence-corrected chi connectivity index (χ3v) is 3.52. The van der Waals surface area contributed by atoms with Gasteiger partial charge in [0.2, 0.25) is 0 Å². The van der Waals surface area contributed by atoms with Gasteiger partial charge >= 0.3 is 5.66 Å². The highest BCUT2D eigenvalue weighted by Gasteiger charge is 2.33. The minimum absolute atomic E-state index is 0.0677. The molecule has 0 aliphatic carbocycles. The molecule has 0 heterocycles. The Balaban J connectivity index is 4.91. The zero-order valence-electron chi connectivity index (χ0n) is 13.8. The fraction of sp³-hybridized carbons (Fsp3) is 0.750. The first-order valence-electron chi connectivity index (χ1n) is 7.51. The molecule has 0 rings (SSSR count). The van der Waals surface area contributed by atoms with Gasteiger partial charge < -0.3 is 0 Å². The molecule has 0 aromatic heterocycles. The van der Waals surface area contributed by atoms with Gasteiger partial charge in [-0.3, -0.25) is 14.4 Å². The summed E-state index contributed by atoms with van der Waals surface area (Å²) in [6.07, 6.45) is 1.95. The van der Waals surface area contributed by atoms with Gasteiger partial charge in [0.1, 0.15) is 11.6 Å². The van der Waals surface area contributed by atoms with Crippen LogP contribution in [0.3, 0.4) is 0 Å². The van der Waals surface area contributed by atoms with Crippen molar-refractivity contribution in [3.63, 3.8) is 0 Å². The Labute approximate surface area is 132 Å². The topological polar surface area (TPSA) is 87.0 Å². The van der Waals surface area contributed by atoms with Crippen molar-refractivity contribution in [1.29, 1.82) is 5.26 Å². The molecular formula is C16H24N4O2. The van der Waals surface area contributed by atoms with E-state index >= 15 is 0 Å². The quantitative estimate of drug-likeness (QED) is 0.453. The smallest absolute Gasteiger partial charge is 0.300 e. The van der Waals surface area contributed by atoms with Crippen molar-refractivity contribution in [3.05, 3.63) is 11.4 Å². The molecule has 22 heavy (non-hydrogen) atoms. The molecule has 0 aliphatic heterocycles. The maximum absolute atomic E-state index is 11.4. The van der Waals surface area contributed by atoms with Crippen molar-refractivity contribution in [2.45, 2.75) is 77.4 Å². The Hall–Kier alpha value is -2.08. The highest BCUT2D eigenvalue weighted by molar-refractivity contribution is 5.78. The van der Waals surface area contributed by atoms with Gasteiger partial charge in [-0.05, 0) is 13.3 Å². The van der Waals surface area contributed by atoms with E-state index in [-0.39, 0.29) is 37.2 Å². The van der Waals surface area contributed by atoms with Crippen LogP contribution in [0.25, 0.3) is 4.85 Å². The molecule has 0 amide bonds. The van der Waals surface area contributed by atoms with Gasteiger partial charge in [-0.15, -0.1) is 5.11 Å². The lowest BCUT2D eigenvalue weighted by molar-refractivity contribution is -0.119. The molecule has 0 spiro atoms. The average Bonchev–Trinajstić information content (AvgIpc) is 2.55. The molecule has 0 aromatic carbocycles. The highest BCUT2D eigenvalue weighted by Crippen LogP contribution is 2.25. The summed E-state index contributed by atoms with van der Waals surface area (Å²) in [7, 11) is 0. The SMILES string of the molecule is [C-]#[N+]C(C)(CCC(=O)CC)N=NC(C)(C#N)CCC(=O)CC. The van der Waals surface area contributed by atoms with Crippen LogP contribution in [0, 0.1) is 17.9 Å². The number of Topliss-reactive ketones (excluding diaryl/α,β-unsaturated/α-hetero) is 2. The van der Waals surface area contributed by atoms with Gasteiger partial charge in [0.15, 0.2) is 5.54 Å². The van der Waals surface area contributed by atoms with E-state index in [0.29, 0.717) is 12.8 Å². The van der Waals surface area contributed by atoms with E-state index in [1.165, 1.54) is 0 Å². The normalized spacial score (nSPS) is 16.3. The van der Waals surface area contributed by atoms with E-state index in [1.807, 2.05) is 6.07 Å². The zero-order chi connectivity index (χ0) is 17.2. The number of nitriles is 1. The lowest BCUT2D eigenvalue weighted by Gasteiger charge is -2.16. The van der Waals surface area contributed by atoms with Gasteiger partial charge in [-0.25, -0.2) is 6.57 Å². The predicted octanol–water partition coefficient (Wildman–Crippen LogP) is 3.87. The molecule has 0 bridgehead atoms. The van der Waals surface area contributed by atoms with E-state index in [2.05, 4.69) is 15.1 Å². The van der Waals surface area contributed by atoms with Crippen molar-refractivity contribution in [2.75, 3.05) is 0 Å². The highest BCUT2D eigenvalue weighted by atomic mass is 16.1. The minimum Gasteiger partial charge on any atom is -0.300 e. The number of carbonyl (C=O) groups is 2. The van der Waals surface area contributed by atoms with Gasteiger partial charge in [0.05, 0.1) is 12.5 Å². The summed E-state index contributed by atoms with van der Waals surface area (Å²) < 4.78 is 0. The van der Waals surface area contributed by atoms with Crippen LogP contribution in [0.5, 0.6) is 0 Å². The molecule has 0 aromatic rings. The maximum atomic E-state index is 11.4. The molecule has 2 atom stereocenters.